The number of cyclic esters (lactones) is 1. The summed E-state index contributed by atoms with van der Waals surface area (Å²) in [7, 11) is 1.27. The number of hydrogen-bond acceptors (Lipinski definition) is 7. The fourth-order valence-electron chi connectivity index (χ4n) is 3.31. The summed E-state index contributed by atoms with van der Waals surface area (Å²) in [6.45, 7) is 0.666. The number of carbonyl (C=O) groups is 4. The maximum absolute atomic E-state index is 12.3. The van der Waals surface area contributed by atoms with Crippen LogP contribution in [0.1, 0.15) is 23.4 Å². The van der Waals surface area contributed by atoms with Crippen molar-refractivity contribution in [2.45, 2.75) is 24.9 Å². The Morgan fingerprint density at radius 3 is 2.67 bits per heavy atom. The Kier molecular flexibility index (Phi) is 5.63. The van der Waals surface area contributed by atoms with Crippen LogP contribution in [-0.4, -0.2) is 79.1 Å². The number of ether oxygens (including phenoxy) is 2. The second kappa shape index (κ2) is 8.11. The van der Waals surface area contributed by atoms with Crippen molar-refractivity contribution in [1.29, 1.82) is 0 Å². The Bertz CT molecular complexity index is 710. The minimum Gasteiger partial charge on any atom is -0.467 e. The fourth-order valence-corrected chi connectivity index (χ4v) is 3.31. The van der Waals surface area contributed by atoms with Crippen molar-refractivity contribution >= 4 is 23.9 Å². The monoisotopic (exact) mass is 379 g/mol. The van der Waals surface area contributed by atoms with Crippen LogP contribution in [0.5, 0.6) is 0 Å². The summed E-state index contributed by atoms with van der Waals surface area (Å²) in [6, 6.07) is 2.15. The molecule has 1 N–H and O–H groups in total. The van der Waals surface area contributed by atoms with E-state index in [1.54, 1.807) is 11.0 Å². The van der Waals surface area contributed by atoms with Crippen LogP contribution in [0.3, 0.4) is 0 Å². The van der Waals surface area contributed by atoms with Crippen LogP contribution in [-0.2, 0) is 19.1 Å². The van der Waals surface area contributed by atoms with Gasteiger partial charge in [0.2, 0.25) is 5.91 Å². The largest absolute Gasteiger partial charge is 0.467 e. The first-order chi connectivity index (χ1) is 13.0. The molecule has 1 unspecified atom stereocenters. The molecule has 146 valence electrons. The van der Waals surface area contributed by atoms with Crippen LogP contribution >= 0.6 is 0 Å². The minimum atomic E-state index is -0.748. The predicted octanol–water partition coefficient (Wildman–Crippen LogP) is -0.00580. The van der Waals surface area contributed by atoms with Gasteiger partial charge in [-0.15, -0.1) is 0 Å². The number of hydrogen-bond donors (Lipinski definition) is 1. The summed E-state index contributed by atoms with van der Waals surface area (Å²) in [5, 5.41) is 2.52. The molecule has 27 heavy (non-hydrogen) atoms. The van der Waals surface area contributed by atoms with Gasteiger partial charge >= 0.3 is 12.1 Å². The molecule has 0 aromatic carbocycles. The van der Waals surface area contributed by atoms with Crippen molar-refractivity contribution in [3.63, 3.8) is 0 Å². The van der Waals surface area contributed by atoms with E-state index in [2.05, 4.69) is 5.32 Å². The molecule has 3 heterocycles. The van der Waals surface area contributed by atoms with Gasteiger partial charge in [-0.25, -0.2) is 9.59 Å². The standard InChI is InChI=1S/C17H21N3O7/c1-25-16(23)12-10-27-17(24)20(12)11-4-6-19(7-5-11)14(21)9-18-15(22)13-3-2-8-26-13/h2-3,8,11-12H,4-7,9-10H2,1H3,(H,18,22). The maximum atomic E-state index is 12.3. The molecule has 0 radical (unpaired) electrons. The van der Waals surface area contributed by atoms with Gasteiger partial charge in [0, 0.05) is 19.1 Å². The van der Waals surface area contributed by atoms with E-state index in [4.69, 9.17) is 13.9 Å². The zero-order chi connectivity index (χ0) is 19.4. The normalized spacial score (nSPS) is 20.3. The molecule has 1 atom stereocenters. The first-order valence-corrected chi connectivity index (χ1v) is 8.63. The lowest BCUT2D eigenvalue weighted by molar-refractivity contribution is -0.146. The Morgan fingerprint density at radius 1 is 1.30 bits per heavy atom. The molecule has 3 amide bonds. The highest BCUT2D eigenvalue weighted by atomic mass is 16.6. The number of carbonyl (C=O) groups excluding carboxylic acids is 4. The number of piperidine rings is 1. The quantitative estimate of drug-likeness (QED) is 0.715. The van der Waals surface area contributed by atoms with Gasteiger partial charge in [0.15, 0.2) is 11.8 Å². The number of furan rings is 1. The average molecular weight is 379 g/mol. The molecule has 0 aliphatic carbocycles. The second-order valence-electron chi connectivity index (χ2n) is 6.30. The summed E-state index contributed by atoms with van der Waals surface area (Å²) in [6.07, 6.45) is 1.87. The summed E-state index contributed by atoms with van der Waals surface area (Å²) < 4.78 is 14.7. The van der Waals surface area contributed by atoms with Crippen molar-refractivity contribution in [2.75, 3.05) is 33.4 Å². The highest BCUT2D eigenvalue weighted by Crippen LogP contribution is 2.24. The second-order valence-corrected chi connectivity index (χ2v) is 6.30. The zero-order valence-corrected chi connectivity index (χ0v) is 14.9. The van der Waals surface area contributed by atoms with E-state index in [9.17, 15) is 19.2 Å². The van der Waals surface area contributed by atoms with Gasteiger partial charge in [0.05, 0.1) is 19.9 Å². The van der Waals surface area contributed by atoms with Crippen molar-refractivity contribution < 1.29 is 33.1 Å². The molecule has 2 aliphatic rings. The molecule has 0 spiro atoms. The molecule has 0 saturated carbocycles. The Hall–Kier alpha value is -3.04. The third kappa shape index (κ3) is 4.04. The summed E-state index contributed by atoms with van der Waals surface area (Å²) in [5.41, 5.74) is 0. The van der Waals surface area contributed by atoms with Crippen molar-refractivity contribution in [2.24, 2.45) is 0 Å². The number of rotatable bonds is 5. The van der Waals surface area contributed by atoms with Gasteiger partial charge in [-0.2, -0.15) is 0 Å². The van der Waals surface area contributed by atoms with E-state index in [1.165, 1.54) is 24.3 Å². The van der Waals surface area contributed by atoms with Crippen LogP contribution in [0, 0.1) is 0 Å². The number of nitrogens with one attached hydrogen (secondary N) is 1. The molecule has 1 aromatic heterocycles. The molecule has 10 heteroatoms. The van der Waals surface area contributed by atoms with Crippen LogP contribution in [0.4, 0.5) is 4.79 Å². The van der Waals surface area contributed by atoms with Crippen molar-refractivity contribution in [3.8, 4) is 0 Å². The zero-order valence-electron chi connectivity index (χ0n) is 14.9. The molecule has 2 saturated heterocycles. The SMILES string of the molecule is COC(=O)C1COC(=O)N1C1CCN(C(=O)CNC(=O)c2ccco2)CC1. The topological polar surface area (TPSA) is 118 Å². The number of nitrogens with zero attached hydrogens (tertiary/aromatic N) is 2. The Morgan fingerprint density at radius 2 is 2.04 bits per heavy atom. The predicted molar refractivity (Wildman–Crippen MR) is 89.6 cm³/mol. The molecular weight excluding hydrogens is 358 g/mol. The third-order valence-electron chi connectivity index (χ3n) is 4.74. The summed E-state index contributed by atoms with van der Waals surface area (Å²) in [5.74, 6) is -1.05. The molecule has 10 nitrogen and oxygen atoms in total. The van der Waals surface area contributed by atoms with Crippen molar-refractivity contribution in [1.82, 2.24) is 15.1 Å². The lowest BCUT2D eigenvalue weighted by Gasteiger charge is -2.37. The first-order valence-electron chi connectivity index (χ1n) is 8.63. The van der Waals surface area contributed by atoms with E-state index in [0.29, 0.717) is 25.9 Å². The lowest BCUT2D eigenvalue weighted by Crippen LogP contribution is -2.53. The van der Waals surface area contributed by atoms with Crippen LogP contribution in [0.25, 0.3) is 0 Å². The van der Waals surface area contributed by atoms with Crippen molar-refractivity contribution in [3.05, 3.63) is 24.2 Å². The van der Waals surface area contributed by atoms with E-state index >= 15 is 0 Å². The van der Waals surface area contributed by atoms with E-state index in [-0.39, 0.29) is 30.9 Å². The first kappa shape index (κ1) is 18.7. The number of esters is 1. The molecule has 3 rings (SSSR count). The van der Waals surface area contributed by atoms with Gasteiger partial charge in [-0.1, -0.05) is 0 Å². The lowest BCUT2D eigenvalue weighted by atomic mass is 10.0. The highest BCUT2D eigenvalue weighted by molar-refractivity contribution is 5.94. The van der Waals surface area contributed by atoms with Gasteiger partial charge in [-0.05, 0) is 25.0 Å². The number of likely N-dealkylation sites (tertiary alicyclic amines) is 1. The van der Waals surface area contributed by atoms with Gasteiger partial charge < -0.3 is 24.1 Å². The molecule has 2 fully saturated rings. The number of amides is 3. The highest BCUT2D eigenvalue weighted by Gasteiger charge is 2.44. The average Bonchev–Trinajstić information content (AvgIpc) is 3.35. The van der Waals surface area contributed by atoms with Gasteiger partial charge in [-0.3, -0.25) is 14.5 Å². The smallest absolute Gasteiger partial charge is 0.410 e. The Labute approximate surface area is 155 Å². The van der Waals surface area contributed by atoms with Crippen LogP contribution in [0.2, 0.25) is 0 Å². The maximum Gasteiger partial charge on any atom is 0.410 e. The number of methoxy groups -OCH3 is 1. The molecule has 2 aliphatic heterocycles. The molecule has 1 aromatic rings. The van der Waals surface area contributed by atoms with E-state index < -0.39 is 24.0 Å². The molecular formula is C17H21N3O7. The van der Waals surface area contributed by atoms with E-state index in [0.717, 1.165) is 0 Å². The summed E-state index contributed by atoms with van der Waals surface area (Å²) in [4.78, 5) is 50.9. The van der Waals surface area contributed by atoms with Crippen LogP contribution in [0.15, 0.2) is 22.8 Å². The Balaban J connectivity index is 1.49. The summed E-state index contributed by atoms with van der Waals surface area (Å²) >= 11 is 0. The fraction of sp³-hybridized carbons (Fsp3) is 0.529. The van der Waals surface area contributed by atoms with E-state index in [1.807, 2.05) is 0 Å². The minimum absolute atomic E-state index is 0.0243. The van der Waals surface area contributed by atoms with Gasteiger partial charge in [0.25, 0.3) is 5.91 Å². The third-order valence-corrected chi connectivity index (χ3v) is 4.74. The molecule has 0 bridgehead atoms. The van der Waals surface area contributed by atoms with Gasteiger partial charge in [0.1, 0.15) is 6.61 Å². The van der Waals surface area contributed by atoms with Crippen LogP contribution < -0.4 is 5.32 Å².